The van der Waals surface area contributed by atoms with Crippen LogP contribution in [0.15, 0.2) is 48.5 Å². The fraction of sp³-hybridized carbons (Fsp3) is 0.158. The summed E-state index contributed by atoms with van der Waals surface area (Å²) in [5, 5.41) is 7.05. The molecule has 1 aromatic heterocycles. The van der Waals surface area contributed by atoms with Crippen molar-refractivity contribution < 1.29 is 13.6 Å². The van der Waals surface area contributed by atoms with E-state index in [1.165, 1.54) is 6.07 Å². The minimum Gasteiger partial charge on any atom is -0.321 e. The molecule has 0 unspecified atom stereocenters. The largest absolute Gasteiger partial charge is 0.321 e. The van der Waals surface area contributed by atoms with Crippen molar-refractivity contribution >= 4 is 11.6 Å². The van der Waals surface area contributed by atoms with Gasteiger partial charge in [0.2, 0.25) is 0 Å². The third kappa shape index (κ3) is 3.57. The highest BCUT2D eigenvalue weighted by Gasteiger charge is 2.16. The first-order chi connectivity index (χ1) is 12.0. The predicted molar refractivity (Wildman–Crippen MR) is 92.4 cm³/mol. The van der Waals surface area contributed by atoms with E-state index in [4.69, 9.17) is 0 Å². The van der Waals surface area contributed by atoms with Crippen LogP contribution in [0.5, 0.6) is 0 Å². The number of aromatic nitrogens is 2. The number of aryl methyl sites for hydroxylation is 2. The maximum absolute atomic E-state index is 13.5. The quantitative estimate of drug-likeness (QED) is 0.764. The molecule has 3 rings (SSSR count). The number of nitrogens with one attached hydrogen (secondary N) is 1. The zero-order valence-corrected chi connectivity index (χ0v) is 13.9. The van der Waals surface area contributed by atoms with Crippen LogP contribution >= 0.6 is 0 Å². The van der Waals surface area contributed by atoms with Gasteiger partial charge >= 0.3 is 0 Å². The lowest BCUT2D eigenvalue weighted by Crippen LogP contribution is -2.13. The Balaban J connectivity index is 1.91. The standard InChI is InChI=1S/C19H17F2N3O/c1-3-24-18(13-7-8-15(20)16(21)10-13)11-17(23-24)19(25)22-14-6-4-5-12(2)9-14/h4-11H,3H2,1-2H3,(H,22,25). The fourth-order valence-corrected chi connectivity index (χ4v) is 2.57. The zero-order chi connectivity index (χ0) is 18.0. The molecule has 0 atom stereocenters. The SMILES string of the molecule is CCn1nc(C(=O)Nc2cccc(C)c2)cc1-c1ccc(F)c(F)c1. The van der Waals surface area contributed by atoms with Crippen LogP contribution in [0.1, 0.15) is 23.0 Å². The van der Waals surface area contributed by atoms with Gasteiger partial charge in [0.15, 0.2) is 17.3 Å². The molecule has 6 heteroatoms. The molecule has 0 saturated heterocycles. The highest BCUT2D eigenvalue weighted by molar-refractivity contribution is 6.03. The number of benzene rings is 2. The monoisotopic (exact) mass is 341 g/mol. The van der Waals surface area contributed by atoms with Gasteiger partial charge in [-0.05, 0) is 55.8 Å². The topological polar surface area (TPSA) is 46.9 Å². The Morgan fingerprint density at radius 3 is 2.60 bits per heavy atom. The van der Waals surface area contributed by atoms with E-state index in [0.717, 1.165) is 17.7 Å². The second-order valence-electron chi connectivity index (χ2n) is 5.68. The number of amides is 1. The van der Waals surface area contributed by atoms with Gasteiger partial charge in [0, 0.05) is 17.8 Å². The lowest BCUT2D eigenvalue weighted by molar-refractivity contribution is 0.102. The molecule has 0 bridgehead atoms. The van der Waals surface area contributed by atoms with Gasteiger partial charge < -0.3 is 5.32 Å². The van der Waals surface area contributed by atoms with Crippen LogP contribution in [-0.4, -0.2) is 15.7 Å². The number of halogens is 2. The van der Waals surface area contributed by atoms with Gasteiger partial charge in [-0.15, -0.1) is 0 Å². The highest BCUT2D eigenvalue weighted by Crippen LogP contribution is 2.23. The summed E-state index contributed by atoms with van der Waals surface area (Å²) in [4.78, 5) is 12.4. The van der Waals surface area contributed by atoms with Gasteiger partial charge in [0.1, 0.15) is 0 Å². The molecule has 1 N–H and O–H groups in total. The molecule has 0 aliphatic carbocycles. The summed E-state index contributed by atoms with van der Waals surface area (Å²) < 4.78 is 28.2. The van der Waals surface area contributed by atoms with Crippen LogP contribution < -0.4 is 5.32 Å². The average Bonchev–Trinajstić information content (AvgIpc) is 3.02. The molecule has 25 heavy (non-hydrogen) atoms. The fourth-order valence-electron chi connectivity index (χ4n) is 2.57. The molecule has 3 aromatic rings. The van der Waals surface area contributed by atoms with E-state index < -0.39 is 11.6 Å². The smallest absolute Gasteiger partial charge is 0.276 e. The van der Waals surface area contributed by atoms with Crippen molar-refractivity contribution in [2.75, 3.05) is 5.32 Å². The number of anilines is 1. The number of hydrogen-bond acceptors (Lipinski definition) is 2. The first-order valence-electron chi connectivity index (χ1n) is 7.89. The van der Waals surface area contributed by atoms with Crippen LogP contribution in [-0.2, 0) is 6.54 Å². The van der Waals surface area contributed by atoms with E-state index in [0.29, 0.717) is 23.5 Å². The molecule has 2 aromatic carbocycles. The molecule has 0 spiro atoms. The van der Waals surface area contributed by atoms with Crippen molar-refractivity contribution in [1.29, 1.82) is 0 Å². The Hall–Kier alpha value is -3.02. The number of rotatable bonds is 4. The molecule has 4 nitrogen and oxygen atoms in total. The van der Waals surface area contributed by atoms with Crippen molar-refractivity contribution in [3.63, 3.8) is 0 Å². The van der Waals surface area contributed by atoms with E-state index in [2.05, 4.69) is 10.4 Å². The van der Waals surface area contributed by atoms with Crippen molar-refractivity contribution in [1.82, 2.24) is 9.78 Å². The zero-order valence-electron chi connectivity index (χ0n) is 13.9. The molecule has 128 valence electrons. The number of carbonyl (C=O) groups is 1. The lowest BCUT2D eigenvalue weighted by atomic mass is 10.1. The van der Waals surface area contributed by atoms with Crippen LogP contribution in [0.25, 0.3) is 11.3 Å². The molecule has 1 heterocycles. The van der Waals surface area contributed by atoms with Gasteiger partial charge in [-0.3, -0.25) is 9.48 Å². The maximum Gasteiger partial charge on any atom is 0.276 e. The van der Waals surface area contributed by atoms with Crippen molar-refractivity contribution in [2.45, 2.75) is 20.4 Å². The minimum absolute atomic E-state index is 0.211. The van der Waals surface area contributed by atoms with E-state index >= 15 is 0 Å². The van der Waals surface area contributed by atoms with Crippen molar-refractivity contribution in [3.8, 4) is 11.3 Å². The molecule has 0 fully saturated rings. The van der Waals surface area contributed by atoms with Crippen molar-refractivity contribution in [3.05, 3.63) is 71.4 Å². The third-order valence-corrected chi connectivity index (χ3v) is 3.80. The molecular formula is C19H17F2N3O. The Morgan fingerprint density at radius 1 is 1.12 bits per heavy atom. The van der Waals surface area contributed by atoms with E-state index in [1.807, 2.05) is 32.0 Å². The second-order valence-corrected chi connectivity index (χ2v) is 5.68. The molecule has 0 aliphatic rings. The Bertz CT molecular complexity index is 934. The number of nitrogens with zero attached hydrogens (tertiary/aromatic N) is 2. The van der Waals surface area contributed by atoms with Gasteiger partial charge in [-0.1, -0.05) is 12.1 Å². The minimum atomic E-state index is -0.938. The average molecular weight is 341 g/mol. The van der Waals surface area contributed by atoms with E-state index in [-0.39, 0.29) is 11.6 Å². The molecule has 0 aliphatic heterocycles. The Labute approximate surface area is 144 Å². The first-order valence-corrected chi connectivity index (χ1v) is 7.89. The summed E-state index contributed by atoms with van der Waals surface area (Å²) in [7, 11) is 0. The molecule has 0 saturated carbocycles. The summed E-state index contributed by atoms with van der Waals surface area (Å²) in [6.45, 7) is 4.29. The van der Waals surface area contributed by atoms with Crippen LogP contribution in [0.3, 0.4) is 0 Å². The predicted octanol–water partition coefficient (Wildman–Crippen LogP) is 4.41. The van der Waals surface area contributed by atoms with Crippen LogP contribution in [0, 0.1) is 18.6 Å². The van der Waals surface area contributed by atoms with Crippen LogP contribution in [0.4, 0.5) is 14.5 Å². The van der Waals surface area contributed by atoms with E-state index in [9.17, 15) is 13.6 Å². The Kier molecular flexibility index (Phi) is 4.61. The summed E-state index contributed by atoms with van der Waals surface area (Å²) in [5.74, 6) is -2.21. The highest BCUT2D eigenvalue weighted by atomic mass is 19.2. The van der Waals surface area contributed by atoms with Crippen molar-refractivity contribution in [2.24, 2.45) is 0 Å². The van der Waals surface area contributed by atoms with Gasteiger partial charge in [0.05, 0.1) is 5.69 Å². The second kappa shape index (κ2) is 6.84. The van der Waals surface area contributed by atoms with Gasteiger partial charge in [-0.2, -0.15) is 5.10 Å². The molecule has 0 radical (unpaired) electrons. The van der Waals surface area contributed by atoms with Gasteiger partial charge in [0.25, 0.3) is 5.91 Å². The lowest BCUT2D eigenvalue weighted by Gasteiger charge is -2.04. The summed E-state index contributed by atoms with van der Waals surface area (Å²) in [6.07, 6.45) is 0. The van der Waals surface area contributed by atoms with Crippen LogP contribution in [0.2, 0.25) is 0 Å². The summed E-state index contributed by atoms with van der Waals surface area (Å²) in [6, 6.07) is 12.6. The summed E-state index contributed by atoms with van der Waals surface area (Å²) in [5.41, 5.74) is 2.92. The molecule has 1 amide bonds. The number of carbonyl (C=O) groups excluding carboxylic acids is 1. The maximum atomic E-state index is 13.5. The summed E-state index contributed by atoms with van der Waals surface area (Å²) >= 11 is 0. The number of hydrogen-bond donors (Lipinski definition) is 1. The third-order valence-electron chi connectivity index (χ3n) is 3.80. The van der Waals surface area contributed by atoms with E-state index in [1.54, 1.807) is 16.8 Å². The normalized spacial score (nSPS) is 10.7. The first kappa shape index (κ1) is 16.8. The Morgan fingerprint density at radius 2 is 1.92 bits per heavy atom. The molecular weight excluding hydrogens is 324 g/mol. The van der Waals surface area contributed by atoms with Gasteiger partial charge in [-0.25, -0.2) is 8.78 Å².